The van der Waals surface area contributed by atoms with Gasteiger partial charge in [-0.1, -0.05) is 61.8 Å². The summed E-state index contributed by atoms with van der Waals surface area (Å²) in [7, 11) is 1.34. The summed E-state index contributed by atoms with van der Waals surface area (Å²) in [5.41, 5.74) is 0. The molecule has 3 nitrogen and oxygen atoms in total. The lowest BCUT2D eigenvalue weighted by molar-refractivity contribution is 0.0231. The van der Waals surface area contributed by atoms with Gasteiger partial charge in [-0.2, -0.15) is 0 Å². The Kier molecular flexibility index (Phi) is 42.8. The highest BCUT2D eigenvalue weighted by Crippen LogP contribution is 2.20. The molecule has 1 fully saturated rings. The van der Waals surface area contributed by atoms with Gasteiger partial charge in [-0.15, -0.1) is 0 Å². The molecule has 1 saturated carbocycles. The van der Waals surface area contributed by atoms with Crippen LogP contribution in [0.25, 0.3) is 0 Å². The first-order valence-electron chi connectivity index (χ1n) is 8.07. The van der Waals surface area contributed by atoms with Crippen LogP contribution in [0, 0.1) is 0 Å². The molecule has 1 rings (SSSR count). The summed E-state index contributed by atoms with van der Waals surface area (Å²) in [5.74, 6) is 0. The summed E-state index contributed by atoms with van der Waals surface area (Å²) in [6.45, 7) is 16.0. The van der Waals surface area contributed by atoms with Crippen LogP contribution in [0.2, 0.25) is 0 Å². The Bertz CT molecular complexity index is 130. The van der Waals surface area contributed by atoms with Gasteiger partial charge >= 0.3 is 6.16 Å². The minimum Gasteiger partial charge on any atom is -0.438 e. The molecular formula is C16H38O3. The largest absolute Gasteiger partial charge is 0.508 e. The quantitative estimate of drug-likeness (QED) is 0.535. The first-order valence-corrected chi connectivity index (χ1v) is 8.07. The molecule has 1 aliphatic carbocycles. The Morgan fingerprint density at radius 2 is 1.16 bits per heavy atom. The highest BCUT2D eigenvalue weighted by atomic mass is 16.7. The zero-order chi connectivity index (χ0) is 16.1. The van der Waals surface area contributed by atoms with E-state index in [1.54, 1.807) is 0 Å². The Labute approximate surface area is 122 Å². The van der Waals surface area contributed by atoms with Crippen molar-refractivity contribution in [3.05, 3.63) is 0 Å². The molecule has 3 heteroatoms. The molecule has 19 heavy (non-hydrogen) atoms. The fourth-order valence-corrected chi connectivity index (χ4v) is 1.37. The van der Waals surface area contributed by atoms with E-state index in [9.17, 15) is 4.79 Å². The van der Waals surface area contributed by atoms with Crippen LogP contribution in [0.5, 0.6) is 0 Å². The number of carbonyl (C=O) groups is 1. The maximum Gasteiger partial charge on any atom is 0.508 e. The highest BCUT2D eigenvalue weighted by molar-refractivity contribution is 5.59. The van der Waals surface area contributed by atoms with Gasteiger partial charge in [0.1, 0.15) is 6.10 Å². The molecular weight excluding hydrogens is 240 g/mol. The van der Waals surface area contributed by atoms with Crippen molar-refractivity contribution < 1.29 is 14.3 Å². The molecule has 1 aliphatic rings. The van der Waals surface area contributed by atoms with Gasteiger partial charge in [0.15, 0.2) is 0 Å². The molecule has 0 amide bonds. The summed E-state index contributed by atoms with van der Waals surface area (Å²) in [6.07, 6.45) is 5.15. The lowest BCUT2D eigenvalue weighted by Gasteiger charge is -2.20. The number of methoxy groups -OCH3 is 1. The summed E-state index contributed by atoms with van der Waals surface area (Å²) >= 11 is 0. The van der Waals surface area contributed by atoms with Gasteiger partial charge in [0.2, 0.25) is 0 Å². The molecule has 0 radical (unpaired) electrons. The SMILES string of the molecule is CC.CC.CC.CC.COC(=O)OC1CCCCC1. The average molecular weight is 278 g/mol. The smallest absolute Gasteiger partial charge is 0.438 e. The predicted molar refractivity (Wildman–Crippen MR) is 85.8 cm³/mol. The Morgan fingerprint density at radius 1 is 0.789 bits per heavy atom. The normalized spacial score (nSPS) is 12.5. The van der Waals surface area contributed by atoms with Gasteiger partial charge in [-0.05, 0) is 25.7 Å². The Morgan fingerprint density at radius 3 is 1.47 bits per heavy atom. The van der Waals surface area contributed by atoms with E-state index in [1.165, 1.54) is 26.4 Å². The van der Waals surface area contributed by atoms with Crippen LogP contribution >= 0.6 is 0 Å². The Balaban J connectivity index is -0.000000121. The van der Waals surface area contributed by atoms with Crippen molar-refractivity contribution in [3.8, 4) is 0 Å². The van der Waals surface area contributed by atoms with Crippen molar-refractivity contribution in [2.24, 2.45) is 0 Å². The Hall–Kier alpha value is -0.730. The third-order valence-electron chi connectivity index (χ3n) is 1.98. The number of hydrogen-bond acceptors (Lipinski definition) is 3. The van der Waals surface area contributed by atoms with Crippen LogP contribution in [0.4, 0.5) is 4.79 Å². The number of ether oxygens (including phenoxy) is 2. The van der Waals surface area contributed by atoms with E-state index in [1.807, 2.05) is 55.4 Å². The zero-order valence-electron chi connectivity index (χ0n) is 14.8. The van der Waals surface area contributed by atoms with Crippen molar-refractivity contribution in [1.82, 2.24) is 0 Å². The van der Waals surface area contributed by atoms with Crippen molar-refractivity contribution in [2.45, 2.75) is 93.6 Å². The summed E-state index contributed by atoms with van der Waals surface area (Å²) in [6, 6.07) is 0. The molecule has 0 aromatic heterocycles. The van der Waals surface area contributed by atoms with Crippen molar-refractivity contribution >= 4 is 6.16 Å². The lowest BCUT2D eigenvalue weighted by atomic mass is 9.98. The molecule has 0 atom stereocenters. The first-order chi connectivity index (χ1) is 9.33. The third-order valence-corrected chi connectivity index (χ3v) is 1.98. The standard InChI is InChI=1S/C8H14O3.4C2H6/c1-10-8(9)11-7-5-3-2-4-6-7;4*1-2/h7H,2-6H2,1H3;4*1-2H3. The monoisotopic (exact) mass is 278 g/mol. The van der Waals surface area contributed by atoms with Crippen LogP contribution in [0.3, 0.4) is 0 Å². The zero-order valence-corrected chi connectivity index (χ0v) is 14.8. The second-order valence-electron chi connectivity index (χ2n) is 2.83. The molecule has 0 heterocycles. The van der Waals surface area contributed by atoms with Gasteiger partial charge < -0.3 is 9.47 Å². The fourth-order valence-electron chi connectivity index (χ4n) is 1.37. The summed E-state index contributed by atoms with van der Waals surface area (Å²) < 4.78 is 9.37. The highest BCUT2D eigenvalue weighted by Gasteiger charge is 2.17. The number of carbonyl (C=O) groups excluding carboxylic acids is 1. The maximum absolute atomic E-state index is 10.6. The second-order valence-corrected chi connectivity index (χ2v) is 2.83. The van der Waals surface area contributed by atoms with E-state index < -0.39 is 6.16 Å². The average Bonchev–Trinajstić information content (AvgIpc) is 2.56. The maximum atomic E-state index is 10.6. The van der Waals surface area contributed by atoms with Gasteiger partial charge in [0.25, 0.3) is 0 Å². The van der Waals surface area contributed by atoms with Gasteiger partial charge in [0, 0.05) is 0 Å². The second kappa shape index (κ2) is 30.4. The molecule has 0 N–H and O–H groups in total. The first kappa shape index (κ1) is 26.8. The van der Waals surface area contributed by atoms with Crippen molar-refractivity contribution in [2.75, 3.05) is 7.11 Å². The van der Waals surface area contributed by atoms with E-state index in [2.05, 4.69) is 4.74 Å². The van der Waals surface area contributed by atoms with E-state index in [0.717, 1.165) is 12.8 Å². The van der Waals surface area contributed by atoms with Crippen LogP contribution < -0.4 is 0 Å². The lowest BCUT2D eigenvalue weighted by Crippen LogP contribution is -2.20. The molecule has 0 aliphatic heterocycles. The third kappa shape index (κ3) is 22.9. The van der Waals surface area contributed by atoms with Gasteiger partial charge in [0.05, 0.1) is 7.11 Å². The van der Waals surface area contributed by atoms with E-state index >= 15 is 0 Å². The number of hydrogen-bond donors (Lipinski definition) is 0. The van der Waals surface area contributed by atoms with E-state index in [0.29, 0.717) is 0 Å². The van der Waals surface area contributed by atoms with Crippen molar-refractivity contribution in [1.29, 1.82) is 0 Å². The number of rotatable bonds is 1. The fraction of sp³-hybridized carbons (Fsp3) is 0.938. The van der Waals surface area contributed by atoms with Crippen LogP contribution in [-0.4, -0.2) is 19.4 Å². The molecule has 0 spiro atoms. The van der Waals surface area contributed by atoms with Crippen LogP contribution in [-0.2, 0) is 9.47 Å². The van der Waals surface area contributed by atoms with Gasteiger partial charge in [-0.3, -0.25) is 0 Å². The minimum atomic E-state index is -0.545. The molecule has 0 bridgehead atoms. The molecule has 0 saturated heterocycles. The molecule has 0 unspecified atom stereocenters. The van der Waals surface area contributed by atoms with Crippen LogP contribution in [0.15, 0.2) is 0 Å². The predicted octanol–water partition coefficient (Wildman–Crippen LogP) is 6.21. The molecule has 0 aromatic rings. The van der Waals surface area contributed by atoms with Crippen molar-refractivity contribution in [3.63, 3.8) is 0 Å². The minimum absolute atomic E-state index is 0.108. The van der Waals surface area contributed by atoms with E-state index in [-0.39, 0.29) is 6.10 Å². The summed E-state index contributed by atoms with van der Waals surface area (Å²) in [4.78, 5) is 10.6. The van der Waals surface area contributed by atoms with E-state index in [4.69, 9.17) is 4.74 Å². The molecule has 120 valence electrons. The van der Waals surface area contributed by atoms with Crippen LogP contribution in [0.1, 0.15) is 87.5 Å². The summed E-state index contributed by atoms with van der Waals surface area (Å²) in [5, 5.41) is 0. The topological polar surface area (TPSA) is 35.5 Å². The molecule has 0 aromatic carbocycles. The van der Waals surface area contributed by atoms with Gasteiger partial charge in [-0.25, -0.2) is 4.79 Å².